The van der Waals surface area contributed by atoms with Crippen LogP contribution in [-0.2, 0) is 16.1 Å². The number of hydrogen-bond donors (Lipinski definition) is 1. The summed E-state index contributed by atoms with van der Waals surface area (Å²) in [5.74, 6) is -1.01. The Kier molecular flexibility index (Phi) is 7.31. The Labute approximate surface area is 122 Å². The van der Waals surface area contributed by atoms with Crippen LogP contribution in [0.1, 0.15) is 45.6 Å². The lowest BCUT2D eigenvalue weighted by Gasteiger charge is -2.27. The van der Waals surface area contributed by atoms with Gasteiger partial charge in [0.15, 0.2) is 0 Å². The van der Waals surface area contributed by atoms with E-state index in [9.17, 15) is 9.90 Å². The molecule has 3 heteroatoms. The maximum Gasteiger partial charge on any atom is 0.308 e. The normalized spacial score (nSPS) is 15.6. The van der Waals surface area contributed by atoms with Crippen LogP contribution < -0.4 is 0 Å². The summed E-state index contributed by atoms with van der Waals surface area (Å²) in [4.78, 5) is 11.3. The molecule has 0 fully saturated rings. The van der Waals surface area contributed by atoms with E-state index in [4.69, 9.17) is 4.74 Å². The van der Waals surface area contributed by atoms with Crippen LogP contribution in [0.3, 0.4) is 0 Å². The molecule has 1 N–H and O–H groups in total. The number of carboxylic acid groups (broad SMARTS) is 1. The first-order valence-electron chi connectivity index (χ1n) is 7.44. The molecule has 112 valence electrons. The number of rotatable bonds is 9. The fraction of sp³-hybridized carbons (Fsp3) is 0.588. The Morgan fingerprint density at radius 1 is 1.25 bits per heavy atom. The van der Waals surface area contributed by atoms with Gasteiger partial charge >= 0.3 is 5.97 Å². The minimum absolute atomic E-state index is 0.237. The van der Waals surface area contributed by atoms with Gasteiger partial charge in [0.1, 0.15) is 0 Å². The van der Waals surface area contributed by atoms with Crippen molar-refractivity contribution < 1.29 is 14.6 Å². The smallest absolute Gasteiger partial charge is 0.308 e. The number of benzene rings is 1. The lowest BCUT2D eigenvalue weighted by Crippen LogP contribution is -2.34. The molecule has 3 atom stereocenters. The highest BCUT2D eigenvalue weighted by Gasteiger charge is 2.29. The summed E-state index contributed by atoms with van der Waals surface area (Å²) in [6.45, 7) is 6.44. The maximum atomic E-state index is 11.3. The molecule has 3 nitrogen and oxygen atoms in total. The van der Waals surface area contributed by atoms with Crippen molar-refractivity contribution >= 4 is 5.97 Å². The van der Waals surface area contributed by atoms with E-state index in [-0.39, 0.29) is 12.0 Å². The molecule has 0 amide bonds. The van der Waals surface area contributed by atoms with Crippen LogP contribution in [0.5, 0.6) is 0 Å². The Balaban J connectivity index is 2.64. The standard InChI is InChI=1S/C17H26O3/c1-4-5-9-13(2)16(14(3)17(18)19)20-12-15-10-7-6-8-11-15/h6-8,10-11,13-14,16H,4-5,9,12H2,1-3H3,(H,18,19)/t13-,14?,16+/m0/s1. The molecule has 0 aliphatic carbocycles. The molecule has 1 rings (SSSR count). The van der Waals surface area contributed by atoms with E-state index >= 15 is 0 Å². The van der Waals surface area contributed by atoms with Gasteiger partial charge in [-0.3, -0.25) is 4.79 Å². The van der Waals surface area contributed by atoms with Gasteiger partial charge in [-0.2, -0.15) is 0 Å². The van der Waals surface area contributed by atoms with Crippen LogP contribution in [-0.4, -0.2) is 17.2 Å². The molecule has 0 heterocycles. The van der Waals surface area contributed by atoms with Gasteiger partial charge in [-0.25, -0.2) is 0 Å². The van der Waals surface area contributed by atoms with Crippen molar-refractivity contribution in [2.75, 3.05) is 0 Å². The van der Waals surface area contributed by atoms with Gasteiger partial charge < -0.3 is 9.84 Å². The zero-order valence-electron chi connectivity index (χ0n) is 12.7. The molecule has 0 aliphatic rings. The second-order valence-electron chi connectivity index (χ2n) is 5.51. The van der Waals surface area contributed by atoms with Gasteiger partial charge in [-0.05, 0) is 24.8 Å². The minimum atomic E-state index is -0.786. The predicted octanol–water partition coefficient (Wildman–Crippen LogP) is 4.12. The van der Waals surface area contributed by atoms with Crippen LogP contribution in [0.25, 0.3) is 0 Å². The fourth-order valence-electron chi connectivity index (χ4n) is 2.40. The Hall–Kier alpha value is -1.35. The Morgan fingerprint density at radius 3 is 2.45 bits per heavy atom. The third kappa shape index (κ3) is 5.33. The van der Waals surface area contributed by atoms with Crippen LogP contribution in [0, 0.1) is 11.8 Å². The Morgan fingerprint density at radius 2 is 1.90 bits per heavy atom. The third-order valence-corrected chi connectivity index (χ3v) is 3.74. The lowest BCUT2D eigenvalue weighted by molar-refractivity contribution is -0.149. The highest BCUT2D eigenvalue weighted by molar-refractivity contribution is 5.70. The number of ether oxygens (including phenoxy) is 1. The van der Waals surface area contributed by atoms with Crippen molar-refractivity contribution in [3.05, 3.63) is 35.9 Å². The van der Waals surface area contributed by atoms with E-state index < -0.39 is 11.9 Å². The van der Waals surface area contributed by atoms with Crippen molar-refractivity contribution in [3.63, 3.8) is 0 Å². The molecule has 0 aromatic heterocycles. The van der Waals surface area contributed by atoms with Crippen molar-refractivity contribution in [1.29, 1.82) is 0 Å². The summed E-state index contributed by atoms with van der Waals surface area (Å²) in [7, 11) is 0. The molecule has 0 bridgehead atoms. The molecule has 0 radical (unpaired) electrons. The van der Waals surface area contributed by atoms with E-state index in [2.05, 4.69) is 13.8 Å². The molecule has 1 aromatic rings. The summed E-state index contributed by atoms with van der Waals surface area (Å²) in [6.07, 6.45) is 3.00. The van der Waals surface area contributed by atoms with E-state index in [0.29, 0.717) is 6.61 Å². The summed E-state index contributed by atoms with van der Waals surface area (Å²) in [6, 6.07) is 9.90. The number of carbonyl (C=O) groups is 1. The summed E-state index contributed by atoms with van der Waals surface area (Å²) >= 11 is 0. The van der Waals surface area contributed by atoms with Gasteiger partial charge in [0.25, 0.3) is 0 Å². The predicted molar refractivity (Wildman–Crippen MR) is 80.5 cm³/mol. The molecule has 0 spiro atoms. The monoisotopic (exact) mass is 278 g/mol. The van der Waals surface area contributed by atoms with E-state index in [0.717, 1.165) is 24.8 Å². The quantitative estimate of drug-likeness (QED) is 0.739. The minimum Gasteiger partial charge on any atom is -0.481 e. The van der Waals surface area contributed by atoms with Crippen molar-refractivity contribution in [2.45, 2.75) is 52.7 Å². The Bertz CT molecular complexity index is 388. The van der Waals surface area contributed by atoms with Crippen LogP contribution in [0.15, 0.2) is 30.3 Å². The number of unbranched alkanes of at least 4 members (excludes halogenated alkanes) is 1. The first kappa shape index (κ1) is 16.7. The highest BCUT2D eigenvalue weighted by atomic mass is 16.5. The van der Waals surface area contributed by atoms with Gasteiger partial charge in [0, 0.05) is 0 Å². The first-order valence-corrected chi connectivity index (χ1v) is 7.44. The molecule has 0 saturated carbocycles. The molecule has 1 aromatic carbocycles. The first-order chi connectivity index (χ1) is 9.56. The van der Waals surface area contributed by atoms with Crippen LogP contribution >= 0.6 is 0 Å². The number of hydrogen-bond acceptors (Lipinski definition) is 2. The van der Waals surface area contributed by atoms with E-state index in [1.54, 1.807) is 6.92 Å². The summed E-state index contributed by atoms with van der Waals surface area (Å²) < 4.78 is 5.93. The topological polar surface area (TPSA) is 46.5 Å². The fourth-order valence-corrected chi connectivity index (χ4v) is 2.40. The molecular weight excluding hydrogens is 252 g/mol. The lowest BCUT2D eigenvalue weighted by atomic mass is 9.89. The van der Waals surface area contributed by atoms with E-state index in [1.807, 2.05) is 30.3 Å². The molecular formula is C17H26O3. The summed E-state index contributed by atoms with van der Waals surface area (Å²) in [5, 5.41) is 9.24. The second kappa shape index (κ2) is 8.75. The van der Waals surface area contributed by atoms with Crippen LogP contribution in [0.2, 0.25) is 0 Å². The van der Waals surface area contributed by atoms with Crippen molar-refractivity contribution in [2.24, 2.45) is 11.8 Å². The van der Waals surface area contributed by atoms with E-state index in [1.165, 1.54) is 0 Å². The zero-order valence-corrected chi connectivity index (χ0v) is 12.7. The second-order valence-corrected chi connectivity index (χ2v) is 5.51. The number of aliphatic carboxylic acids is 1. The maximum absolute atomic E-state index is 11.3. The molecule has 20 heavy (non-hydrogen) atoms. The third-order valence-electron chi connectivity index (χ3n) is 3.74. The van der Waals surface area contributed by atoms with Crippen LogP contribution in [0.4, 0.5) is 0 Å². The van der Waals surface area contributed by atoms with Gasteiger partial charge in [0.2, 0.25) is 0 Å². The average Bonchev–Trinajstić information content (AvgIpc) is 2.46. The average molecular weight is 278 g/mol. The van der Waals surface area contributed by atoms with Gasteiger partial charge in [-0.1, -0.05) is 57.0 Å². The largest absolute Gasteiger partial charge is 0.481 e. The van der Waals surface area contributed by atoms with Crippen molar-refractivity contribution in [3.8, 4) is 0 Å². The van der Waals surface area contributed by atoms with Gasteiger partial charge in [-0.15, -0.1) is 0 Å². The van der Waals surface area contributed by atoms with Gasteiger partial charge in [0.05, 0.1) is 18.6 Å². The highest BCUT2D eigenvalue weighted by Crippen LogP contribution is 2.23. The molecule has 1 unspecified atom stereocenters. The molecule has 0 aliphatic heterocycles. The van der Waals surface area contributed by atoms with Crippen molar-refractivity contribution in [1.82, 2.24) is 0 Å². The molecule has 0 saturated heterocycles. The number of carboxylic acids is 1. The zero-order chi connectivity index (χ0) is 15.0. The SMILES string of the molecule is CCCC[C@H](C)[C@@H](OCc1ccccc1)C(C)C(=O)O. The summed E-state index contributed by atoms with van der Waals surface area (Å²) in [5.41, 5.74) is 1.08.